The minimum atomic E-state index is -0.196. The first-order valence-electron chi connectivity index (χ1n) is 5.94. The molecule has 0 amide bonds. The van der Waals surface area contributed by atoms with Gasteiger partial charge in [0.15, 0.2) is 0 Å². The molecule has 0 atom stereocenters. The van der Waals surface area contributed by atoms with Gasteiger partial charge in [-0.2, -0.15) is 0 Å². The normalized spacial score (nSPS) is 10.8. The van der Waals surface area contributed by atoms with Crippen LogP contribution in [0.4, 0.5) is 10.1 Å². The summed E-state index contributed by atoms with van der Waals surface area (Å²) in [6.45, 7) is 2.57. The topological polar surface area (TPSA) is 37.8 Å². The standard InChI is InChI=1S/C14H12FN3Se/c1-9-7-11(15)6-5-10(9)8-16-12-3-2-4-13-14(12)18-19-17-13/h2-7,16H,8H2,1H3. The second-order valence-corrected chi connectivity index (χ2v) is 5.47. The van der Waals surface area contributed by atoms with Crippen LogP contribution in [0, 0.1) is 12.7 Å². The van der Waals surface area contributed by atoms with E-state index in [4.69, 9.17) is 0 Å². The van der Waals surface area contributed by atoms with E-state index in [2.05, 4.69) is 13.3 Å². The fraction of sp³-hybridized carbons (Fsp3) is 0.143. The van der Waals surface area contributed by atoms with Gasteiger partial charge in [0.2, 0.25) is 0 Å². The molecule has 0 saturated carbocycles. The van der Waals surface area contributed by atoms with Gasteiger partial charge in [-0.15, -0.1) is 0 Å². The van der Waals surface area contributed by atoms with Gasteiger partial charge in [-0.1, -0.05) is 0 Å². The van der Waals surface area contributed by atoms with Gasteiger partial charge in [0.1, 0.15) is 0 Å². The van der Waals surface area contributed by atoms with Crippen LogP contribution in [0.2, 0.25) is 0 Å². The molecule has 0 aliphatic rings. The Morgan fingerprint density at radius 1 is 1.21 bits per heavy atom. The van der Waals surface area contributed by atoms with Crippen molar-refractivity contribution >= 4 is 31.7 Å². The van der Waals surface area contributed by atoms with E-state index in [1.807, 2.05) is 31.2 Å². The van der Waals surface area contributed by atoms with Crippen LogP contribution in [0.3, 0.4) is 0 Å². The molecule has 0 aliphatic carbocycles. The summed E-state index contributed by atoms with van der Waals surface area (Å²) in [5, 5.41) is 3.36. The van der Waals surface area contributed by atoms with Gasteiger partial charge < -0.3 is 0 Å². The van der Waals surface area contributed by atoms with Crippen molar-refractivity contribution in [2.45, 2.75) is 13.5 Å². The first-order chi connectivity index (χ1) is 9.24. The van der Waals surface area contributed by atoms with Gasteiger partial charge in [0.25, 0.3) is 0 Å². The van der Waals surface area contributed by atoms with Crippen molar-refractivity contribution < 1.29 is 4.39 Å². The number of rotatable bonds is 3. The van der Waals surface area contributed by atoms with E-state index in [9.17, 15) is 4.39 Å². The van der Waals surface area contributed by atoms with Gasteiger partial charge in [-0.3, -0.25) is 0 Å². The van der Waals surface area contributed by atoms with Crippen LogP contribution in [0.25, 0.3) is 11.0 Å². The summed E-state index contributed by atoms with van der Waals surface area (Å²) in [7, 11) is 0. The third-order valence-electron chi connectivity index (χ3n) is 3.06. The number of hydrogen-bond acceptors (Lipinski definition) is 3. The summed E-state index contributed by atoms with van der Waals surface area (Å²) in [4.78, 5) is 0. The molecule has 1 aromatic heterocycles. The third kappa shape index (κ3) is 2.53. The summed E-state index contributed by atoms with van der Waals surface area (Å²) in [5.41, 5.74) is 4.93. The Balaban J connectivity index is 1.84. The van der Waals surface area contributed by atoms with Crippen molar-refractivity contribution in [2.24, 2.45) is 0 Å². The predicted octanol–water partition coefficient (Wildman–Crippen LogP) is 2.75. The van der Waals surface area contributed by atoms with Crippen molar-refractivity contribution in [1.29, 1.82) is 0 Å². The molecule has 96 valence electrons. The molecule has 3 nitrogen and oxygen atoms in total. The molecule has 0 fully saturated rings. The molecule has 0 spiro atoms. The number of nitrogens with one attached hydrogen (secondary N) is 1. The van der Waals surface area contributed by atoms with Gasteiger partial charge in [-0.25, -0.2) is 0 Å². The van der Waals surface area contributed by atoms with E-state index < -0.39 is 0 Å². The first kappa shape index (κ1) is 12.3. The molecule has 0 saturated heterocycles. The molecule has 1 N–H and O–H groups in total. The van der Waals surface area contributed by atoms with Crippen molar-refractivity contribution in [3.05, 3.63) is 53.3 Å². The SMILES string of the molecule is Cc1cc(F)ccc1CNc1cccc2n[se]nc12. The average Bonchev–Trinajstić information content (AvgIpc) is 2.86. The zero-order valence-electron chi connectivity index (χ0n) is 10.4. The zero-order chi connectivity index (χ0) is 13.2. The maximum atomic E-state index is 13.0. The number of nitrogens with zero attached hydrogens (tertiary/aromatic N) is 2. The Labute approximate surface area is 116 Å². The fourth-order valence-corrected chi connectivity index (χ4v) is 3.15. The molecule has 1 heterocycles. The summed E-state index contributed by atoms with van der Waals surface area (Å²) in [5.74, 6) is -0.196. The molecule has 0 aliphatic heterocycles. The Morgan fingerprint density at radius 2 is 2.11 bits per heavy atom. The van der Waals surface area contributed by atoms with E-state index in [1.54, 1.807) is 6.07 Å². The second-order valence-electron chi connectivity index (χ2n) is 4.36. The van der Waals surface area contributed by atoms with E-state index in [1.165, 1.54) is 6.07 Å². The number of fused-ring (bicyclic) bond motifs is 1. The monoisotopic (exact) mass is 321 g/mol. The van der Waals surface area contributed by atoms with E-state index in [-0.39, 0.29) is 20.8 Å². The van der Waals surface area contributed by atoms with Crippen LogP contribution in [0.15, 0.2) is 36.4 Å². The second kappa shape index (κ2) is 5.11. The number of aromatic nitrogens is 2. The van der Waals surface area contributed by atoms with Gasteiger partial charge in [0, 0.05) is 0 Å². The van der Waals surface area contributed by atoms with E-state index in [0.29, 0.717) is 6.54 Å². The van der Waals surface area contributed by atoms with Crippen LogP contribution in [-0.4, -0.2) is 22.9 Å². The van der Waals surface area contributed by atoms with E-state index in [0.717, 1.165) is 27.8 Å². The number of hydrogen-bond donors (Lipinski definition) is 1. The summed E-state index contributed by atoms with van der Waals surface area (Å²) in [6, 6.07) is 10.8. The summed E-state index contributed by atoms with van der Waals surface area (Å²) in [6.07, 6.45) is 0. The molecular formula is C14H12FN3Se. The summed E-state index contributed by atoms with van der Waals surface area (Å²) < 4.78 is 21.8. The molecule has 2 aromatic carbocycles. The van der Waals surface area contributed by atoms with Gasteiger partial charge in [0.05, 0.1) is 0 Å². The third-order valence-corrected chi connectivity index (χ3v) is 4.20. The number of halogens is 1. The van der Waals surface area contributed by atoms with Crippen molar-refractivity contribution in [3.63, 3.8) is 0 Å². The number of benzene rings is 2. The van der Waals surface area contributed by atoms with Gasteiger partial charge >= 0.3 is 116 Å². The number of aryl methyl sites for hydroxylation is 1. The first-order valence-corrected chi connectivity index (χ1v) is 7.47. The Bertz CT molecular complexity index is 724. The zero-order valence-corrected chi connectivity index (χ0v) is 12.1. The number of anilines is 1. The molecule has 3 aromatic rings. The van der Waals surface area contributed by atoms with Gasteiger partial charge in [-0.05, 0) is 0 Å². The Kier molecular flexibility index (Phi) is 3.32. The van der Waals surface area contributed by atoms with Crippen LogP contribution in [0.5, 0.6) is 0 Å². The maximum absolute atomic E-state index is 13.0. The Hall–Kier alpha value is -1.71. The molecular weight excluding hydrogens is 308 g/mol. The fourth-order valence-electron chi connectivity index (χ4n) is 2.00. The van der Waals surface area contributed by atoms with Crippen molar-refractivity contribution in [3.8, 4) is 0 Å². The van der Waals surface area contributed by atoms with E-state index >= 15 is 0 Å². The summed E-state index contributed by atoms with van der Waals surface area (Å²) >= 11 is -0.0219. The van der Waals surface area contributed by atoms with Crippen molar-refractivity contribution in [2.75, 3.05) is 5.32 Å². The quantitative estimate of drug-likeness (QED) is 0.754. The molecule has 3 rings (SSSR count). The molecule has 0 bridgehead atoms. The van der Waals surface area contributed by atoms with Crippen LogP contribution >= 0.6 is 0 Å². The molecule has 0 unspecified atom stereocenters. The minimum absolute atomic E-state index is 0.0219. The van der Waals surface area contributed by atoms with Crippen LogP contribution < -0.4 is 5.32 Å². The average molecular weight is 320 g/mol. The predicted molar refractivity (Wildman–Crippen MR) is 74.9 cm³/mol. The van der Waals surface area contributed by atoms with Crippen LogP contribution in [-0.2, 0) is 6.54 Å². The van der Waals surface area contributed by atoms with Crippen LogP contribution in [0.1, 0.15) is 11.1 Å². The molecule has 19 heavy (non-hydrogen) atoms. The Morgan fingerprint density at radius 3 is 2.95 bits per heavy atom. The molecule has 5 heteroatoms. The molecule has 0 radical (unpaired) electrons. The van der Waals surface area contributed by atoms with Crippen molar-refractivity contribution in [1.82, 2.24) is 7.96 Å².